The topological polar surface area (TPSA) is 118 Å². The van der Waals surface area contributed by atoms with Gasteiger partial charge in [0, 0.05) is 32.8 Å². The van der Waals surface area contributed by atoms with Crippen molar-refractivity contribution in [2.24, 2.45) is 0 Å². The van der Waals surface area contributed by atoms with Crippen molar-refractivity contribution in [1.29, 1.82) is 0 Å². The van der Waals surface area contributed by atoms with Gasteiger partial charge in [-0.05, 0) is 0 Å². The normalized spacial score (nSPS) is 18.5. The summed E-state index contributed by atoms with van der Waals surface area (Å²) in [4.78, 5) is 67.9. The Balaban J connectivity index is 3.03. The highest BCUT2D eigenvalue weighted by atomic mass is 31.1. The van der Waals surface area contributed by atoms with Crippen LogP contribution in [0.4, 0.5) is 19.2 Å². The third kappa shape index (κ3) is 11.9. The number of hydrogen-bond donors (Lipinski definition) is 0. The molecule has 1 fully saturated rings. The molecule has 0 spiro atoms. The van der Waals surface area contributed by atoms with Crippen LogP contribution in [0, 0.1) is 0 Å². The van der Waals surface area contributed by atoms with E-state index in [9.17, 15) is 19.2 Å². The molecule has 16 heteroatoms. The zero-order valence-corrected chi connectivity index (χ0v) is 20.9. The minimum absolute atomic E-state index is 0.172. The molecule has 0 aromatic carbocycles. The predicted molar refractivity (Wildman–Crippen MR) is 128 cm³/mol. The molecule has 1 rings (SSSR count). The number of hydrogen-bond acceptors (Lipinski definition) is 12. The van der Waals surface area contributed by atoms with E-state index in [1.807, 2.05) is 0 Å². The molecule has 12 nitrogen and oxygen atoms in total. The van der Waals surface area contributed by atoms with Crippen LogP contribution in [0.2, 0.25) is 0 Å². The molecule has 0 saturated carbocycles. The molecule has 0 aliphatic carbocycles. The van der Waals surface area contributed by atoms with Crippen molar-refractivity contribution in [2.45, 2.75) is 0 Å². The molecule has 0 bridgehead atoms. The number of carbonyl (C=O) groups is 4. The van der Waals surface area contributed by atoms with E-state index >= 15 is 0 Å². The second-order valence-electron chi connectivity index (χ2n) is 5.78. The smallest absolute Gasteiger partial charge is 0.361 e. The van der Waals surface area contributed by atoms with E-state index in [1.165, 1.54) is 20.3 Å². The standard InChI is InChI=1S/C16H24N4O8P4/c1-29-13(21)25-17-5-7-18(26-14(22)30-2)9-11-20(28-16(24)32-4)12-10-19(8-6-17)27-15(23)31-3/h1-12H2. The SMILES string of the molecule is C=PC(=O)ON1CCN(OC(=O)P=C)CCN(OC(=O)P=C)CCN(OC(=O)P=C)CC1. The van der Waals surface area contributed by atoms with E-state index in [0.29, 0.717) is 0 Å². The predicted octanol–water partition coefficient (Wildman–Crippen LogP) is 2.93. The zero-order valence-electron chi connectivity index (χ0n) is 17.3. The fourth-order valence-electron chi connectivity index (χ4n) is 2.26. The van der Waals surface area contributed by atoms with Crippen LogP contribution in [0.3, 0.4) is 0 Å². The average molecular weight is 524 g/mol. The molecule has 1 aliphatic heterocycles. The van der Waals surface area contributed by atoms with Crippen molar-refractivity contribution in [3.63, 3.8) is 0 Å². The van der Waals surface area contributed by atoms with E-state index in [1.54, 1.807) is 0 Å². The van der Waals surface area contributed by atoms with Gasteiger partial charge in [-0.15, -0.1) is 20.3 Å². The first-order valence-electron chi connectivity index (χ1n) is 9.05. The van der Waals surface area contributed by atoms with Crippen molar-refractivity contribution in [2.75, 3.05) is 52.4 Å². The Labute approximate surface area is 192 Å². The van der Waals surface area contributed by atoms with Crippen LogP contribution >= 0.6 is 32.8 Å². The van der Waals surface area contributed by atoms with Gasteiger partial charge in [0.2, 0.25) is 0 Å². The van der Waals surface area contributed by atoms with Crippen LogP contribution in [0.1, 0.15) is 0 Å². The number of hydroxylamine groups is 8. The molecule has 0 amide bonds. The Hall–Kier alpha value is -1.60. The van der Waals surface area contributed by atoms with Gasteiger partial charge >= 0.3 is 22.8 Å². The van der Waals surface area contributed by atoms with Crippen LogP contribution in [-0.4, -0.2) is 121 Å². The quantitative estimate of drug-likeness (QED) is 0.435. The lowest BCUT2D eigenvalue weighted by molar-refractivity contribution is -0.176. The van der Waals surface area contributed by atoms with Gasteiger partial charge in [-0.25, -0.2) is 19.2 Å². The number of nitrogens with zero attached hydrogens (tertiary/aromatic N) is 4. The lowest BCUT2D eigenvalue weighted by atomic mass is 10.4. The fraction of sp³-hybridized carbons (Fsp3) is 0.500. The number of carbonyl (C=O) groups excluding carboxylic acids is 4. The van der Waals surface area contributed by atoms with Gasteiger partial charge in [-0.3, -0.25) is 0 Å². The van der Waals surface area contributed by atoms with Gasteiger partial charge in [0.25, 0.3) is 0 Å². The molecule has 0 aromatic rings. The van der Waals surface area contributed by atoms with Gasteiger partial charge in [0.1, 0.15) is 0 Å². The molecular formula is C16H24N4O8P4. The first-order valence-corrected chi connectivity index (χ1v) is 13.4. The summed E-state index contributed by atoms with van der Waals surface area (Å²) >= 11 is 0. The summed E-state index contributed by atoms with van der Waals surface area (Å²) < 4.78 is 0. The molecule has 32 heavy (non-hydrogen) atoms. The van der Waals surface area contributed by atoms with Crippen molar-refractivity contribution in [1.82, 2.24) is 20.3 Å². The summed E-state index contributed by atoms with van der Waals surface area (Å²) in [5.74, 6) is 0. The first kappa shape index (κ1) is 28.4. The Morgan fingerprint density at radius 3 is 0.719 bits per heavy atom. The van der Waals surface area contributed by atoms with Crippen LogP contribution in [-0.2, 0) is 19.4 Å². The summed E-state index contributed by atoms with van der Waals surface area (Å²) in [6, 6.07) is 0. The summed E-state index contributed by atoms with van der Waals surface area (Å²) in [5.41, 5.74) is -2.27. The van der Waals surface area contributed by atoms with Crippen LogP contribution in [0.25, 0.3) is 0 Å². The van der Waals surface area contributed by atoms with Gasteiger partial charge in [-0.2, -0.15) is 0 Å². The Bertz CT molecular complexity index is 605. The average Bonchev–Trinajstić information content (AvgIpc) is 2.79. The van der Waals surface area contributed by atoms with E-state index in [-0.39, 0.29) is 85.2 Å². The molecule has 1 saturated heterocycles. The highest BCUT2D eigenvalue weighted by molar-refractivity contribution is 7.56. The first-order chi connectivity index (χ1) is 15.3. The van der Waals surface area contributed by atoms with Crippen LogP contribution in [0.5, 0.6) is 0 Å². The van der Waals surface area contributed by atoms with Crippen LogP contribution in [0.15, 0.2) is 0 Å². The minimum Gasteiger partial charge on any atom is -0.361 e. The van der Waals surface area contributed by atoms with Crippen molar-refractivity contribution in [3.05, 3.63) is 0 Å². The Kier molecular flexibility index (Phi) is 14.3. The summed E-state index contributed by atoms with van der Waals surface area (Å²) in [6.07, 6.45) is 13.9. The van der Waals surface area contributed by atoms with Crippen molar-refractivity contribution in [3.8, 4) is 0 Å². The maximum absolute atomic E-state index is 11.7. The van der Waals surface area contributed by atoms with E-state index in [2.05, 4.69) is 25.2 Å². The Morgan fingerprint density at radius 2 is 0.594 bits per heavy atom. The Morgan fingerprint density at radius 1 is 0.438 bits per heavy atom. The third-order valence-corrected chi connectivity index (χ3v) is 5.10. The van der Waals surface area contributed by atoms with Crippen molar-refractivity contribution < 1.29 is 38.5 Å². The fourth-order valence-corrected chi connectivity index (χ4v) is 2.95. The molecule has 0 radical (unpaired) electrons. The molecule has 0 atom stereocenters. The maximum atomic E-state index is 11.7. The lowest BCUT2D eigenvalue weighted by Crippen LogP contribution is -2.46. The summed E-state index contributed by atoms with van der Waals surface area (Å²) in [5, 5.41) is 5.47. The molecular weight excluding hydrogens is 500 g/mol. The van der Waals surface area contributed by atoms with Gasteiger partial charge in [0.05, 0.1) is 52.4 Å². The monoisotopic (exact) mass is 524 g/mol. The summed E-state index contributed by atoms with van der Waals surface area (Å²) in [6.45, 7) is 1.41. The van der Waals surface area contributed by atoms with Gasteiger partial charge in [0.15, 0.2) is 0 Å². The largest absolute Gasteiger partial charge is 0.374 e. The van der Waals surface area contributed by atoms with Gasteiger partial charge < -0.3 is 19.4 Å². The maximum Gasteiger partial charge on any atom is 0.374 e. The highest BCUT2D eigenvalue weighted by Crippen LogP contribution is 2.10. The molecule has 0 aromatic heterocycles. The second-order valence-corrected chi connectivity index (χ2v) is 8.50. The highest BCUT2D eigenvalue weighted by Gasteiger charge is 2.22. The molecule has 1 aliphatic rings. The van der Waals surface area contributed by atoms with Gasteiger partial charge in [-0.1, -0.05) is 25.2 Å². The lowest BCUT2D eigenvalue weighted by Gasteiger charge is -2.31. The third-order valence-electron chi connectivity index (χ3n) is 3.74. The van der Waals surface area contributed by atoms with Crippen molar-refractivity contribution >= 4 is 80.9 Å². The van der Waals surface area contributed by atoms with E-state index in [4.69, 9.17) is 19.4 Å². The van der Waals surface area contributed by atoms with Crippen LogP contribution < -0.4 is 0 Å². The van der Waals surface area contributed by atoms with E-state index < -0.39 is 22.8 Å². The minimum atomic E-state index is -0.567. The zero-order chi connectivity index (χ0) is 23.9. The van der Waals surface area contributed by atoms with E-state index in [0.717, 1.165) is 0 Å². The number of rotatable bonds is 8. The molecule has 176 valence electrons. The summed E-state index contributed by atoms with van der Waals surface area (Å²) in [7, 11) is 0.690. The molecule has 0 N–H and O–H groups in total. The molecule has 0 unspecified atom stereocenters. The second kappa shape index (κ2) is 16.1. The molecule has 1 heterocycles.